The number of rotatable bonds is 5. The van der Waals surface area contributed by atoms with E-state index in [1.54, 1.807) is 13.2 Å². The summed E-state index contributed by atoms with van der Waals surface area (Å²) < 4.78 is 0. The largest absolute Gasteiger partial charge is 0.349 e. The van der Waals surface area contributed by atoms with Gasteiger partial charge in [0.05, 0.1) is 12.5 Å². The number of hydrogen-bond donors (Lipinski definition) is 1. The average molecular weight is 317 g/mol. The van der Waals surface area contributed by atoms with Crippen LogP contribution in [0.5, 0.6) is 0 Å². The number of benzene rings is 1. The van der Waals surface area contributed by atoms with E-state index < -0.39 is 0 Å². The van der Waals surface area contributed by atoms with Gasteiger partial charge in [-0.15, -0.1) is 11.3 Å². The Kier molecular flexibility index (Phi) is 5.27. The van der Waals surface area contributed by atoms with Crippen molar-refractivity contribution >= 4 is 28.3 Å². The molecule has 1 N–H and O–H groups in total. The summed E-state index contributed by atoms with van der Waals surface area (Å²) in [6.07, 6.45) is 1.85. The van der Waals surface area contributed by atoms with Crippen LogP contribution >= 0.6 is 11.3 Å². The first-order valence-corrected chi connectivity index (χ1v) is 7.85. The number of aromatic nitrogens is 1. The molecule has 2 amide bonds. The van der Waals surface area contributed by atoms with Crippen molar-refractivity contribution in [2.45, 2.75) is 26.3 Å². The second-order valence-corrected chi connectivity index (χ2v) is 6.01. The number of carbonyl (C=O) groups is 2. The van der Waals surface area contributed by atoms with Gasteiger partial charge in [0.2, 0.25) is 11.8 Å². The molecule has 1 aromatic heterocycles. The van der Waals surface area contributed by atoms with Gasteiger partial charge in [0, 0.05) is 25.5 Å². The minimum Gasteiger partial charge on any atom is -0.349 e. The Labute approximate surface area is 134 Å². The van der Waals surface area contributed by atoms with Crippen LogP contribution in [0.3, 0.4) is 0 Å². The molecule has 0 bridgehead atoms. The van der Waals surface area contributed by atoms with Gasteiger partial charge in [0.15, 0.2) is 5.13 Å². The zero-order valence-corrected chi connectivity index (χ0v) is 13.7. The zero-order valence-electron chi connectivity index (χ0n) is 12.9. The highest BCUT2D eigenvalue weighted by Gasteiger charge is 2.21. The highest BCUT2D eigenvalue weighted by molar-refractivity contribution is 7.13. The SMILES string of the molecule is CC(=O)N[C@@H](CC(=O)N(C)c1nccs1)c1ccc(C)cc1. The van der Waals surface area contributed by atoms with Gasteiger partial charge in [0.1, 0.15) is 0 Å². The molecule has 0 aliphatic rings. The molecule has 0 aliphatic heterocycles. The van der Waals surface area contributed by atoms with Crippen molar-refractivity contribution in [2.75, 3.05) is 11.9 Å². The van der Waals surface area contributed by atoms with E-state index in [-0.39, 0.29) is 24.3 Å². The standard InChI is InChI=1S/C16H19N3O2S/c1-11-4-6-13(7-5-11)14(18-12(2)20)10-15(21)19(3)16-17-8-9-22-16/h4-9,14H,10H2,1-3H3,(H,18,20)/t14-/m0/s1. The lowest BCUT2D eigenvalue weighted by Gasteiger charge is -2.21. The van der Waals surface area contributed by atoms with E-state index in [1.165, 1.54) is 23.2 Å². The summed E-state index contributed by atoms with van der Waals surface area (Å²) in [5, 5.41) is 5.32. The van der Waals surface area contributed by atoms with Crippen molar-refractivity contribution in [3.05, 3.63) is 47.0 Å². The van der Waals surface area contributed by atoms with E-state index in [0.29, 0.717) is 5.13 Å². The van der Waals surface area contributed by atoms with Crippen LogP contribution in [0.1, 0.15) is 30.5 Å². The van der Waals surface area contributed by atoms with Gasteiger partial charge in [-0.05, 0) is 12.5 Å². The van der Waals surface area contributed by atoms with Crippen molar-refractivity contribution in [2.24, 2.45) is 0 Å². The Morgan fingerprint density at radius 2 is 2.00 bits per heavy atom. The summed E-state index contributed by atoms with van der Waals surface area (Å²) in [6.45, 7) is 3.45. The second kappa shape index (κ2) is 7.17. The lowest BCUT2D eigenvalue weighted by molar-refractivity contribution is -0.121. The predicted molar refractivity (Wildman–Crippen MR) is 87.9 cm³/mol. The van der Waals surface area contributed by atoms with Crippen LogP contribution in [0, 0.1) is 6.92 Å². The Morgan fingerprint density at radius 1 is 1.32 bits per heavy atom. The van der Waals surface area contributed by atoms with E-state index in [4.69, 9.17) is 0 Å². The molecular formula is C16H19N3O2S. The topological polar surface area (TPSA) is 62.3 Å². The van der Waals surface area contributed by atoms with Gasteiger partial charge < -0.3 is 5.32 Å². The first kappa shape index (κ1) is 16.2. The maximum atomic E-state index is 12.4. The maximum Gasteiger partial charge on any atom is 0.230 e. The molecule has 0 saturated heterocycles. The average Bonchev–Trinajstić information content (AvgIpc) is 3.00. The molecule has 22 heavy (non-hydrogen) atoms. The summed E-state index contributed by atoms with van der Waals surface area (Å²) in [4.78, 5) is 29.5. The molecule has 1 heterocycles. The highest BCUT2D eigenvalue weighted by atomic mass is 32.1. The van der Waals surface area contributed by atoms with Gasteiger partial charge in [-0.2, -0.15) is 0 Å². The molecule has 0 fully saturated rings. The van der Waals surface area contributed by atoms with Crippen LogP contribution in [0.2, 0.25) is 0 Å². The normalized spacial score (nSPS) is 11.8. The molecule has 5 nitrogen and oxygen atoms in total. The van der Waals surface area contributed by atoms with E-state index in [0.717, 1.165) is 11.1 Å². The molecule has 2 aromatic rings. The molecule has 1 aromatic carbocycles. The maximum absolute atomic E-state index is 12.4. The van der Waals surface area contributed by atoms with E-state index in [1.807, 2.05) is 36.6 Å². The molecule has 0 spiro atoms. The summed E-state index contributed by atoms with van der Waals surface area (Å²) in [5.74, 6) is -0.246. The Hall–Kier alpha value is -2.21. The van der Waals surface area contributed by atoms with Crippen molar-refractivity contribution in [3.8, 4) is 0 Å². The van der Waals surface area contributed by atoms with Crippen LogP contribution in [0.15, 0.2) is 35.8 Å². The molecule has 6 heteroatoms. The third-order valence-electron chi connectivity index (χ3n) is 3.32. The number of thiazole rings is 1. The number of carbonyl (C=O) groups excluding carboxylic acids is 2. The summed E-state index contributed by atoms with van der Waals surface area (Å²) in [7, 11) is 1.70. The van der Waals surface area contributed by atoms with E-state index in [9.17, 15) is 9.59 Å². The fourth-order valence-electron chi connectivity index (χ4n) is 2.10. The number of anilines is 1. The van der Waals surface area contributed by atoms with Crippen LogP contribution < -0.4 is 10.2 Å². The van der Waals surface area contributed by atoms with Crippen LogP contribution in [0.4, 0.5) is 5.13 Å². The fraction of sp³-hybridized carbons (Fsp3) is 0.312. The third-order valence-corrected chi connectivity index (χ3v) is 4.16. The monoisotopic (exact) mass is 317 g/mol. The number of nitrogens with zero attached hydrogens (tertiary/aromatic N) is 2. The van der Waals surface area contributed by atoms with Crippen LogP contribution in [-0.2, 0) is 9.59 Å². The minimum absolute atomic E-state index is 0.0886. The Bertz CT molecular complexity index is 638. The summed E-state index contributed by atoms with van der Waals surface area (Å²) >= 11 is 1.40. The molecule has 0 saturated carbocycles. The summed E-state index contributed by atoms with van der Waals surface area (Å²) in [6, 6.07) is 7.48. The van der Waals surface area contributed by atoms with Gasteiger partial charge in [-0.1, -0.05) is 29.8 Å². The van der Waals surface area contributed by atoms with Gasteiger partial charge in [-0.3, -0.25) is 14.5 Å². The van der Waals surface area contributed by atoms with E-state index in [2.05, 4.69) is 10.3 Å². The fourth-order valence-corrected chi connectivity index (χ4v) is 2.72. The zero-order chi connectivity index (χ0) is 16.1. The molecule has 0 unspecified atom stereocenters. The second-order valence-electron chi connectivity index (χ2n) is 5.14. The quantitative estimate of drug-likeness (QED) is 0.922. The first-order chi connectivity index (χ1) is 10.5. The van der Waals surface area contributed by atoms with Crippen LogP contribution in [0.25, 0.3) is 0 Å². The third kappa shape index (κ3) is 4.14. The van der Waals surface area contributed by atoms with Crippen molar-refractivity contribution in [1.82, 2.24) is 10.3 Å². The van der Waals surface area contributed by atoms with Gasteiger partial charge in [-0.25, -0.2) is 4.98 Å². The lowest BCUT2D eigenvalue weighted by Crippen LogP contribution is -2.33. The molecular weight excluding hydrogens is 298 g/mol. The van der Waals surface area contributed by atoms with Crippen molar-refractivity contribution < 1.29 is 9.59 Å². The Balaban J connectivity index is 2.14. The van der Waals surface area contributed by atoms with Crippen LogP contribution in [-0.4, -0.2) is 23.8 Å². The highest BCUT2D eigenvalue weighted by Crippen LogP contribution is 2.22. The lowest BCUT2D eigenvalue weighted by atomic mass is 10.0. The number of nitrogens with one attached hydrogen (secondary N) is 1. The minimum atomic E-state index is -0.340. The molecule has 0 radical (unpaired) electrons. The first-order valence-electron chi connectivity index (χ1n) is 6.97. The van der Waals surface area contributed by atoms with Crippen molar-refractivity contribution in [3.63, 3.8) is 0 Å². The van der Waals surface area contributed by atoms with Crippen molar-refractivity contribution in [1.29, 1.82) is 0 Å². The molecule has 116 valence electrons. The predicted octanol–water partition coefficient (Wildman–Crippen LogP) is 2.68. The number of aryl methyl sites for hydroxylation is 1. The smallest absolute Gasteiger partial charge is 0.230 e. The molecule has 1 atom stereocenters. The van der Waals surface area contributed by atoms with Gasteiger partial charge in [0.25, 0.3) is 0 Å². The van der Waals surface area contributed by atoms with E-state index >= 15 is 0 Å². The number of amides is 2. The molecule has 0 aliphatic carbocycles. The summed E-state index contributed by atoms with van der Waals surface area (Å²) in [5.41, 5.74) is 2.05. The number of hydrogen-bond acceptors (Lipinski definition) is 4. The van der Waals surface area contributed by atoms with Gasteiger partial charge >= 0.3 is 0 Å². The Morgan fingerprint density at radius 3 is 2.55 bits per heavy atom. The molecule has 2 rings (SSSR count).